The first-order valence-electron chi connectivity index (χ1n) is 21.7. The lowest BCUT2D eigenvalue weighted by Crippen LogP contribution is -2.08. The van der Waals surface area contributed by atoms with E-state index in [1.165, 1.54) is 27.5 Å². The van der Waals surface area contributed by atoms with Gasteiger partial charge in [-0.3, -0.25) is 4.57 Å². The molecule has 5 aromatic carbocycles. The Balaban J connectivity index is 1.19. The minimum Gasteiger partial charge on any atom is -0.309 e. The van der Waals surface area contributed by atoms with Crippen molar-refractivity contribution in [2.24, 2.45) is 14.1 Å². The Bertz CT molecular complexity index is 3390. The van der Waals surface area contributed by atoms with Gasteiger partial charge >= 0.3 is 0 Å². The highest BCUT2D eigenvalue weighted by Crippen LogP contribution is 2.43. The van der Waals surface area contributed by atoms with E-state index in [4.69, 9.17) is 23.1 Å². The van der Waals surface area contributed by atoms with Gasteiger partial charge in [0, 0.05) is 65.9 Å². The number of rotatable bonds is 8. The zero-order valence-corrected chi connectivity index (χ0v) is 37.5. The number of aliphatic imine (C=N–C) groups is 1. The first kappa shape index (κ1) is 39.0. The van der Waals surface area contributed by atoms with Crippen LogP contribution in [-0.2, 0) is 6.42 Å². The van der Waals surface area contributed by atoms with Crippen LogP contribution in [0, 0.1) is 5.92 Å². The largest absolute Gasteiger partial charge is 0.309 e. The van der Waals surface area contributed by atoms with E-state index in [1.807, 2.05) is 6.20 Å². The molecule has 11 rings (SSSR count). The van der Waals surface area contributed by atoms with Crippen molar-refractivity contribution in [3.05, 3.63) is 192 Å². The second-order valence-electron chi connectivity index (χ2n) is 16.2. The van der Waals surface area contributed by atoms with Gasteiger partial charge in [0.2, 0.25) is 5.95 Å². The van der Waals surface area contributed by atoms with Crippen LogP contribution in [0.15, 0.2) is 178 Å². The van der Waals surface area contributed by atoms with Crippen molar-refractivity contribution in [2.75, 3.05) is 0 Å². The maximum absolute atomic E-state index is 5.46. The second-order valence-corrected chi connectivity index (χ2v) is 18.3. The molecule has 4 heterocycles. The molecule has 0 radical (unpaired) electrons. The van der Waals surface area contributed by atoms with Gasteiger partial charge in [0.05, 0.1) is 20.1 Å². The molecule has 3 aromatic heterocycles. The molecular weight excluding hydrogens is 886 g/mol. The predicted octanol–water partition coefficient (Wildman–Crippen LogP) is 14.6. The highest BCUT2D eigenvalue weighted by atomic mass is 127. The third-order valence-electron chi connectivity index (χ3n) is 12.1. The van der Waals surface area contributed by atoms with Crippen molar-refractivity contribution in [1.82, 2.24) is 24.1 Å². The van der Waals surface area contributed by atoms with Crippen LogP contribution in [0.1, 0.15) is 56.3 Å². The Morgan fingerprint density at radius 3 is 2.32 bits per heavy atom. The number of benzene rings is 5. The van der Waals surface area contributed by atoms with E-state index in [0.29, 0.717) is 23.5 Å². The van der Waals surface area contributed by atoms with Crippen LogP contribution >= 0.6 is 21.0 Å². The topological polar surface area (TPSA) is 73.2 Å². The van der Waals surface area contributed by atoms with Gasteiger partial charge in [0.1, 0.15) is 0 Å². The molecule has 306 valence electrons. The first-order chi connectivity index (χ1) is 31.1. The van der Waals surface area contributed by atoms with E-state index in [2.05, 4.69) is 194 Å². The highest BCUT2D eigenvalue weighted by Gasteiger charge is 2.26. The average molecular weight is 930 g/mol. The molecule has 8 heteroatoms. The maximum Gasteiger partial charge on any atom is 0.238 e. The van der Waals surface area contributed by atoms with Gasteiger partial charge in [-0.25, -0.2) is 13.1 Å². The zero-order chi connectivity index (χ0) is 42.4. The summed E-state index contributed by atoms with van der Waals surface area (Å²) in [6, 6.07) is 41.2. The summed E-state index contributed by atoms with van der Waals surface area (Å²) in [5.74, 6) is 3.00. The van der Waals surface area contributed by atoms with E-state index in [0.717, 1.165) is 84.2 Å². The van der Waals surface area contributed by atoms with Gasteiger partial charge < -0.3 is 4.57 Å². The summed E-state index contributed by atoms with van der Waals surface area (Å²) in [6.45, 7) is 6.37. The van der Waals surface area contributed by atoms with Crippen molar-refractivity contribution in [1.29, 1.82) is 0 Å². The minimum absolute atomic E-state index is 0.456. The van der Waals surface area contributed by atoms with Gasteiger partial charge in [-0.15, -0.1) is 0 Å². The molecule has 0 amide bonds. The number of fused-ring (bicyclic) bond motifs is 7. The van der Waals surface area contributed by atoms with Crippen molar-refractivity contribution in [3.63, 3.8) is 0 Å². The standard InChI is InChI=1S/C55H44IN7/c1-4-17-36(5-2)39-31-40(37-19-8-6-9-20-37)33-41(32-39)53-58-54(46-34-57-52(61-56-46)38-21-16-18-35(3)30-38)60-55(59-53)63-48-27-15-13-25-45(48)50-49(63)29-28-44-43-24-12-14-26-47(43)62(51(44)50)42-22-10-7-11-23-42/h4-11,13-17,19-23,25-35H,12,18,24H2,1-3H3/b17-4-,36-5+/t35-/m0/s1. The summed E-state index contributed by atoms with van der Waals surface area (Å²) in [7, 11) is 0. The van der Waals surface area contributed by atoms with Crippen molar-refractivity contribution in [2.45, 2.75) is 40.0 Å². The quantitative estimate of drug-likeness (QED) is 0.113. The van der Waals surface area contributed by atoms with Gasteiger partial charge in [0.15, 0.2) is 17.5 Å². The predicted molar refractivity (Wildman–Crippen MR) is 271 cm³/mol. The fourth-order valence-electron chi connectivity index (χ4n) is 9.25. The number of hydrogen-bond acceptors (Lipinski definition) is 5. The van der Waals surface area contributed by atoms with Crippen LogP contribution in [-0.4, -0.2) is 29.9 Å². The number of hydrogen-bond donors (Lipinski definition) is 0. The molecule has 63 heavy (non-hydrogen) atoms. The minimum atomic E-state index is -0.868. The normalized spacial score (nSPS) is 16.4. The lowest BCUT2D eigenvalue weighted by atomic mass is 9.95. The molecule has 0 fully saturated rings. The van der Waals surface area contributed by atoms with E-state index in [1.54, 1.807) is 0 Å². The summed E-state index contributed by atoms with van der Waals surface area (Å²) >= 11 is -0.868. The first-order valence-corrected chi connectivity index (χ1v) is 23.7. The molecule has 0 saturated carbocycles. The Labute approximate surface area is 377 Å². The van der Waals surface area contributed by atoms with E-state index in [9.17, 15) is 0 Å². The number of aromatic nitrogens is 5. The summed E-state index contributed by atoms with van der Waals surface area (Å²) in [4.78, 5) is 21.1. The number of aryl methyl sites for hydroxylation is 1. The van der Waals surface area contributed by atoms with Crippen LogP contribution in [0.25, 0.3) is 82.1 Å². The lowest BCUT2D eigenvalue weighted by Gasteiger charge is -2.15. The monoisotopic (exact) mass is 929 g/mol. The van der Waals surface area contributed by atoms with Crippen LogP contribution < -0.4 is 0 Å². The van der Waals surface area contributed by atoms with Crippen LogP contribution in [0.5, 0.6) is 0 Å². The third kappa shape index (κ3) is 6.99. The van der Waals surface area contributed by atoms with E-state index >= 15 is 0 Å². The van der Waals surface area contributed by atoms with Crippen molar-refractivity contribution >= 4 is 74.8 Å². The number of halogens is 1. The van der Waals surface area contributed by atoms with Gasteiger partial charge in [-0.05, 0) is 115 Å². The Morgan fingerprint density at radius 1 is 0.730 bits per heavy atom. The van der Waals surface area contributed by atoms with E-state index in [-0.39, 0.29) is 0 Å². The molecular formula is C55H44IN7. The second kappa shape index (κ2) is 16.4. The molecule has 2 aliphatic carbocycles. The Hall–Kier alpha value is -6.91. The summed E-state index contributed by atoms with van der Waals surface area (Å²) < 4.78 is 10.7. The molecule has 0 unspecified atom stereocenters. The smallest absolute Gasteiger partial charge is 0.238 e. The molecule has 8 aromatic rings. The van der Waals surface area contributed by atoms with Crippen molar-refractivity contribution < 1.29 is 0 Å². The summed E-state index contributed by atoms with van der Waals surface area (Å²) in [6.07, 6.45) is 22.6. The SMILES string of the molecule is C/C=C\C(=C/C)c1cc(-c2ccccc2)cc(-c2nc(C3=CN=C(C4=C[C@@H](C)CC=C4)N=I3)nc(-n3c4ccccc4c4c5c(ccc43)c3c(n5-c4ccccc4)C=CCC3)n2)c1. The van der Waals surface area contributed by atoms with Gasteiger partial charge in [-0.1, -0.05) is 122 Å². The zero-order valence-electron chi connectivity index (χ0n) is 35.4. The fourth-order valence-corrected chi connectivity index (χ4v) is 10.9. The lowest BCUT2D eigenvalue weighted by molar-refractivity contribution is 0.733. The highest BCUT2D eigenvalue weighted by molar-refractivity contribution is 14.2. The molecule has 3 aliphatic rings. The fraction of sp³-hybridized carbons (Fsp3) is 0.127. The van der Waals surface area contributed by atoms with Crippen LogP contribution in [0.3, 0.4) is 0 Å². The van der Waals surface area contributed by atoms with E-state index < -0.39 is 21.0 Å². The summed E-state index contributed by atoms with van der Waals surface area (Å²) in [5, 5.41) is 3.60. The maximum atomic E-state index is 5.46. The number of nitrogens with zero attached hydrogens (tertiary/aromatic N) is 7. The molecule has 0 N–H and O–H groups in total. The van der Waals surface area contributed by atoms with Gasteiger partial charge in [-0.2, -0.15) is 9.97 Å². The van der Waals surface area contributed by atoms with Crippen molar-refractivity contribution in [3.8, 4) is 34.2 Å². The Kier molecular flexibility index (Phi) is 10.2. The molecule has 0 spiro atoms. The number of allylic oxidation sites excluding steroid dienone is 7. The molecule has 0 saturated heterocycles. The Morgan fingerprint density at radius 2 is 1.52 bits per heavy atom. The number of para-hydroxylation sites is 2. The van der Waals surface area contributed by atoms with Crippen LogP contribution in [0.2, 0.25) is 0 Å². The number of amidine groups is 1. The molecule has 1 aliphatic heterocycles. The van der Waals surface area contributed by atoms with Gasteiger partial charge in [0.25, 0.3) is 0 Å². The molecule has 1 atom stereocenters. The van der Waals surface area contributed by atoms with Crippen LogP contribution in [0.4, 0.5) is 0 Å². The molecule has 7 nitrogen and oxygen atoms in total. The summed E-state index contributed by atoms with van der Waals surface area (Å²) in [5.41, 5.74) is 13.5. The third-order valence-corrected chi connectivity index (χ3v) is 14.1. The average Bonchev–Trinajstić information content (AvgIpc) is 3.86. The molecule has 0 bridgehead atoms.